The molecule has 2 heterocycles. The summed E-state index contributed by atoms with van der Waals surface area (Å²) in [4.78, 5) is 25.6. The van der Waals surface area contributed by atoms with Gasteiger partial charge in [-0.15, -0.1) is 10.2 Å². The Bertz CT molecular complexity index is 1020. The highest BCUT2D eigenvalue weighted by atomic mass is 32.1. The largest absolute Gasteiger partial charge is 0.299 e. The summed E-state index contributed by atoms with van der Waals surface area (Å²) in [7, 11) is 0. The van der Waals surface area contributed by atoms with E-state index in [0.717, 1.165) is 27.9 Å². The molecule has 142 valence electrons. The van der Waals surface area contributed by atoms with Crippen molar-refractivity contribution in [2.75, 3.05) is 5.32 Å². The minimum absolute atomic E-state index is 0.175. The lowest BCUT2D eigenvalue weighted by atomic mass is 10.1. The van der Waals surface area contributed by atoms with Crippen LogP contribution in [0.1, 0.15) is 43.8 Å². The molecule has 0 spiro atoms. The standard InChI is InChI=1S/C20H24N4O2S/c1-5-15(19(26)21-20-23-22-17(27-20)10-12(2)3)24-16-9-7-6-8-14(16)13(4)11-18(24)25/h6-9,11-12,15H,5,10H2,1-4H3,(H,21,23,26). The van der Waals surface area contributed by atoms with Crippen LogP contribution in [0.25, 0.3) is 10.9 Å². The number of nitrogens with one attached hydrogen (secondary N) is 1. The number of anilines is 1. The van der Waals surface area contributed by atoms with Crippen LogP contribution in [0.3, 0.4) is 0 Å². The quantitative estimate of drug-likeness (QED) is 0.698. The van der Waals surface area contributed by atoms with Crippen LogP contribution in [0.15, 0.2) is 35.1 Å². The highest BCUT2D eigenvalue weighted by Crippen LogP contribution is 2.24. The molecule has 7 heteroatoms. The molecule has 27 heavy (non-hydrogen) atoms. The Morgan fingerprint density at radius 2 is 2.00 bits per heavy atom. The van der Waals surface area contributed by atoms with E-state index in [0.29, 0.717) is 17.5 Å². The molecule has 1 atom stereocenters. The second kappa shape index (κ2) is 8.00. The maximum absolute atomic E-state index is 12.9. The maximum Gasteiger partial charge on any atom is 0.252 e. The molecule has 1 amide bonds. The van der Waals surface area contributed by atoms with E-state index in [1.807, 2.05) is 38.1 Å². The van der Waals surface area contributed by atoms with Crippen LogP contribution in [0.5, 0.6) is 0 Å². The topological polar surface area (TPSA) is 76.9 Å². The molecule has 3 aromatic rings. The van der Waals surface area contributed by atoms with Gasteiger partial charge in [-0.25, -0.2) is 0 Å². The Labute approximate surface area is 162 Å². The summed E-state index contributed by atoms with van der Waals surface area (Å²) >= 11 is 1.38. The zero-order valence-corrected chi connectivity index (χ0v) is 16.8. The van der Waals surface area contributed by atoms with E-state index >= 15 is 0 Å². The second-order valence-electron chi connectivity index (χ2n) is 7.06. The van der Waals surface area contributed by atoms with Crippen molar-refractivity contribution in [1.29, 1.82) is 0 Å². The smallest absolute Gasteiger partial charge is 0.252 e. The maximum atomic E-state index is 12.9. The third kappa shape index (κ3) is 4.08. The summed E-state index contributed by atoms with van der Waals surface area (Å²) in [5, 5.41) is 13.4. The van der Waals surface area contributed by atoms with Crippen molar-refractivity contribution < 1.29 is 4.79 Å². The molecule has 0 aliphatic rings. The summed E-state index contributed by atoms with van der Waals surface area (Å²) in [6, 6.07) is 8.64. The van der Waals surface area contributed by atoms with Crippen LogP contribution < -0.4 is 10.9 Å². The molecular formula is C20H24N4O2S. The van der Waals surface area contributed by atoms with Crippen molar-refractivity contribution in [3.63, 3.8) is 0 Å². The number of benzene rings is 1. The van der Waals surface area contributed by atoms with Crippen LogP contribution in [-0.2, 0) is 11.2 Å². The Kier molecular flexibility index (Phi) is 5.70. The average molecular weight is 385 g/mol. The van der Waals surface area contributed by atoms with Crippen molar-refractivity contribution in [3.8, 4) is 0 Å². The van der Waals surface area contributed by atoms with E-state index in [1.165, 1.54) is 11.3 Å². The molecule has 0 saturated carbocycles. The molecule has 0 bridgehead atoms. The minimum atomic E-state index is -0.611. The highest BCUT2D eigenvalue weighted by Gasteiger charge is 2.23. The van der Waals surface area contributed by atoms with Crippen molar-refractivity contribution in [3.05, 3.63) is 51.3 Å². The van der Waals surface area contributed by atoms with Gasteiger partial charge in [0.05, 0.1) is 5.52 Å². The van der Waals surface area contributed by atoms with E-state index < -0.39 is 6.04 Å². The number of rotatable bonds is 6. The fourth-order valence-electron chi connectivity index (χ4n) is 3.20. The average Bonchev–Trinajstić information content (AvgIpc) is 3.04. The monoisotopic (exact) mass is 384 g/mol. The van der Waals surface area contributed by atoms with E-state index in [-0.39, 0.29) is 11.5 Å². The fourth-order valence-corrected chi connectivity index (χ4v) is 4.15. The van der Waals surface area contributed by atoms with Gasteiger partial charge in [0.15, 0.2) is 0 Å². The number of carbonyl (C=O) groups excluding carboxylic acids is 1. The molecule has 0 aliphatic carbocycles. The number of hydrogen-bond acceptors (Lipinski definition) is 5. The summed E-state index contributed by atoms with van der Waals surface area (Å²) in [5.74, 6) is 0.225. The van der Waals surface area contributed by atoms with Gasteiger partial charge in [-0.2, -0.15) is 0 Å². The lowest BCUT2D eigenvalue weighted by Gasteiger charge is -2.20. The molecule has 2 aromatic heterocycles. The normalized spacial score (nSPS) is 12.5. The Balaban J connectivity index is 1.93. The van der Waals surface area contributed by atoms with Crippen LogP contribution in [0, 0.1) is 12.8 Å². The molecule has 1 N–H and O–H groups in total. The zero-order valence-electron chi connectivity index (χ0n) is 16.0. The molecule has 0 saturated heterocycles. The fraction of sp³-hybridized carbons (Fsp3) is 0.400. The lowest BCUT2D eigenvalue weighted by molar-refractivity contribution is -0.119. The third-order valence-electron chi connectivity index (χ3n) is 4.45. The molecule has 0 fully saturated rings. The Hall–Kier alpha value is -2.54. The number of fused-ring (bicyclic) bond motifs is 1. The molecule has 3 rings (SSSR count). The summed E-state index contributed by atoms with van der Waals surface area (Å²) in [6.07, 6.45) is 1.32. The zero-order chi connectivity index (χ0) is 19.6. The first-order valence-corrected chi connectivity index (χ1v) is 9.96. The van der Waals surface area contributed by atoms with Crippen molar-refractivity contribution in [2.24, 2.45) is 5.92 Å². The first-order valence-electron chi connectivity index (χ1n) is 9.14. The van der Waals surface area contributed by atoms with Crippen molar-refractivity contribution >= 4 is 33.3 Å². The van der Waals surface area contributed by atoms with Gasteiger partial charge in [-0.3, -0.25) is 19.5 Å². The van der Waals surface area contributed by atoms with Gasteiger partial charge in [0.1, 0.15) is 11.0 Å². The Morgan fingerprint density at radius 1 is 1.26 bits per heavy atom. The number of nitrogens with zero attached hydrogens (tertiary/aromatic N) is 3. The van der Waals surface area contributed by atoms with Crippen LogP contribution in [0.4, 0.5) is 5.13 Å². The van der Waals surface area contributed by atoms with Gasteiger partial charge in [-0.1, -0.05) is 50.3 Å². The predicted molar refractivity (Wildman–Crippen MR) is 109 cm³/mol. The van der Waals surface area contributed by atoms with Gasteiger partial charge in [0.2, 0.25) is 11.0 Å². The molecule has 0 aliphatic heterocycles. The lowest BCUT2D eigenvalue weighted by Crippen LogP contribution is -2.33. The van der Waals surface area contributed by atoms with Gasteiger partial charge in [-0.05, 0) is 30.9 Å². The molecule has 0 radical (unpaired) electrons. The molecule has 6 nitrogen and oxygen atoms in total. The number of amides is 1. The number of carbonyl (C=O) groups is 1. The van der Waals surface area contributed by atoms with Gasteiger partial charge in [0.25, 0.3) is 5.56 Å². The summed E-state index contributed by atoms with van der Waals surface area (Å²) < 4.78 is 1.58. The molecule has 1 unspecified atom stereocenters. The molecule has 1 aromatic carbocycles. The third-order valence-corrected chi connectivity index (χ3v) is 5.31. The number of pyridine rings is 1. The number of aryl methyl sites for hydroxylation is 1. The minimum Gasteiger partial charge on any atom is -0.299 e. The van der Waals surface area contributed by atoms with Gasteiger partial charge >= 0.3 is 0 Å². The molecular weight excluding hydrogens is 360 g/mol. The number of para-hydroxylation sites is 1. The van der Waals surface area contributed by atoms with Gasteiger partial charge < -0.3 is 0 Å². The predicted octanol–water partition coefficient (Wildman–Crippen LogP) is 3.95. The second-order valence-corrected chi connectivity index (χ2v) is 8.13. The first kappa shape index (κ1) is 19.2. The van der Waals surface area contributed by atoms with Crippen LogP contribution >= 0.6 is 11.3 Å². The van der Waals surface area contributed by atoms with Crippen molar-refractivity contribution in [1.82, 2.24) is 14.8 Å². The van der Waals surface area contributed by atoms with Crippen molar-refractivity contribution in [2.45, 2.75) is 46.6 Å². The summed E-state index contributed by atoms with van der Waals surface area (Å²) in [6.45, 7) is 8.03. The Morgan fingerprint density at radius 3 is 2.70 bits per heavy atom. The SMILES string of the molecule is CCC(C(=O)Nc1nnc(CC(C)C)s1)n1c(=O)cc(C)c2ccccc21. The van der Waals surface area contributed by atoms with Crippen LogP contribution in [0.2, 0.25) is 0 Å². The summed E-state index contributed by atoms with van der Waals surface area (Å²) in [5.41, 5.74) is 1.50. The number of hydrogen-bond donors (Lipinski definition) is 1. The van der Waals surface area contributed by atoms with E-state index in [1.54, 1.807) is 10.6 Å². The number of aromatic nitrogens is 3. The van der Waals surface area contributed by atoms with Gasteiger partial charge in [0, 0.05) is 17.9 Å². The first-order chi connectivity index (χ1) is 12.9. The highest BCUT2D eigenvalue weighted by molar-refractivity contribution is 7.15. The van der Waals surface area contributed by atoms with E-state index in [4.69, 9.17) is 0 Å². The van der Waals surface area contributed by atoms with E-state index in [2.05, 4.69) is 29.4 Å². The van der Waals surface area contributed by atoms with E-state index in [9.17, 15) is 9.59 Å². The van der Waals surface area contributed by atoms with Crippen LogP contribution in [-0.4, -0.2) is 20.7 Å².